The molecule has 5 nitrogen and oxygen atoms in total. The van der Waals surface area contributed by atoms with E-state index in [1.165, 1.54) is 6.92 Å². The van der Waals surface area contributed by atoms with Crippen molar-refractivity contribution in [1.82, 2.24) is 10.2 Å². The zero-order valence-corrected chi connectivity index (χ0v) is 14.1. The van der Waals surface area contributed by atoms with Crippen LogP contribution in [0.4, 0.5) is 0 Å². The molecular formula is C17H23ClN2O3. The monoisotopic (exact) mass is 338 g/mol. The molecule has 2 heterocycles. The number of amides is 1. The minimum absolute atomic E-state index is 0. The Morgan fingerprint density at radius 3 is 2.83 bits per heavy atom. The van der Waals surface area contributed by atoms with Crippen LogP contribution in [-0.2, 0) is 4.79 Å². The van der Waals surface area contributed by atoms with Gasteiger partial charge in [-0.15, -0.1) is 12.4 Å². The van der Waals surface area contributed by atoms with E-state index >= 15 is 0 Å². The molecule has 2 atom stereocenters. The third-order valence-electron chi connectivity index (χ3n) is 4.55. The topological polar surface area (TPSA) is 58.6 Å². The van der Waals surface area contributed by atoms with Crippen molar-refractivity contribution >= 4 is 24.1 Å². The fourth-order valence-corrected chi connectivity index (χ4v) is 3.41. The van der Waals surface area contributed by atoms with Gasteiger partial charge >= 0.3 is 0 Å². The number of nitrogens with one attached hydrogen (secondary N) is 1. The van der Waals surface area contributed by atoms with Gasteiger partial charge in [-0.1, -0.05) is 12.1 Å². The lowest BCUT2D eigenvalue weighted by atomic mass is 10.1. The summed E-state index contributed by atoms with van der Waals surface area (Å²) in [6.45, 7) is 3.41. The van der Waals surface area contributed by atoms with Gasteiger partial charge in [0.2, 0.25) is 0 Å². The molecule has 1 aromatic carbocycles. The summed E-state index contributed by atoms with van der Waals surface area (Å²) >= 11 is 0. The smallest absolute Gasteiger partial charge is 0.261 e. The number of carbonyl (C=O) groups is 2. The van der Waals surface area contributed by atoms with E-state index in [9.17, 15) is 9.59 Å². The largest absolute Gasteiger partial charge is 0.484 e. The van der Waals surface area contributed by atoms with Crippen LogP contribution in [0.2, 0.25) is 0 Å². The van der Waals surface area contributed by atoms with E-state index in [2.05, 4.69) is 5.32 Å². The number of hydrogen-bond donors (Lipinski definition) is 1. The summed E-state index contributed by atoms with van der Waals surface area (Å²) in [5, 5.41) is 3.39. The molecule has 2 bridgehead atoms. The molecule has 6 heteroatoms. The standard InChI is InChI=1S/C17H22N2O3.ClH/c1-12(20)13-3-2-4-16(9-13)22-11-17(21)19-14-5-6-15(19)10-18-8-7-14;/h2-4,9,14-15,18H,5-8,10-11H2,1H3;1H. The molecule has 2 fully saturated rings. The number of ether oxygens (including phenoxy) is 1. The molecular weight excluding hydrogens is 316 g/mol. The number of benzene rings is 1. The van der Waals surface area contributed by atoms with Crippen LogP contribution >= 0.6 is 12.4 Å². The highest BCUT2D eigenvalue weighted by atomic mass is 35.5. The summed E-state index contributed by atoms with van der Waals surface area (Å²) < 4.78 is 5.61. The second-order valence-electron chi connectivity index (χ2n) is 6.05. The predicted molar refractivity (Wildman–Crippen MR) is 90.3 cm³/mol. The van der Waals surface area contributed by atoms with Gasteiger partial charge in [0.15, 0.2) is 12.4 Å². The molecule has 0 aliphatic carbocycles. The van der Waals surface area contributed by atoms with Gasteiger partial charge in [0.1, 0.15) is 5.75 Å². The molecule has 2 saturated heterocycles. The molecule has 0 radical (unpaired) electrons. The average Bonchev–Trinajstić information content (AvgIpc) is 2.78. The van der Waals surface area contributed by atoms with E-state index in [1.807, 2.05) is 4.90 Å². The predicted octanol–water partition coefficient (Wildman–Crippen LogP) is 2.04. The Hall–Kier alpha value is -1.59. The first-order valence-electron chi connectivity index (χ1n) is 7.91. The summed E-state index contributed by atoms with van der Waals surface area (Å²) in [4.78, 5) is 25.9. The van der Waals surface area contributed by atoms with E-state index < -0.39 is 0 Å². The Bertz CT molecular complexity index is 565. The Morgan fingerprint density at radius 1 is 1.26 bits per heavy atom. The van der Waals surface area contributed by atoms with Gasteiger partial charge in [-0.25, -0.2) is 0 Å². The first-order valence-corrected chi connectivity index (χ1v) is 7.91. The highest BCUT2D eigenvalue weighted by Gasteiger charge is 2.37. The molecule has 1 N–H and O–H groups in total. The number of nitrogens with zero attached hydrogens (tertiary/aromatic N) is 1. The molecule has 1 aromatic rings. The molecule has 126 valence electrons. The Balaban J connectivity index is 0.00000192. The van der Waals surface area contributed by atoms with Crippen LogP contribution in [0, 0.1) is 0 Å². The molecule has 2 aliphatic heterocycles. The summed E-state index contributed by atoms with van der Waals surface area (Å²) in [7, 11) is 0. The fourth-order valence-electron chi connectivity index (χ4n) is 3.41. The molecule has 0 saturated carbocycles. The zero-order chi connectivity index (χ0) is 15.5. The number of halogens is 1. The van der Waals surface area contributed by atoms with Crippen molar-refractivity contribution in [1.29, 1.82) is 0 Å². The van der Waals surface area contributed by atoms with Gasteiger partial charge in [0, 0.05) is 24.2 Å². The van der Waals surface area contributed by atoms with E-state index in [0.717, 1.165) is 32.4 Å². The molecule has 3 rings (SSSR count). The van der Waals surface area contributed by atoms with Crippen molar-refractivity contribution in [3.8, 4) is 5.75 Å². The van der Waals surface area contributed by atoms with Crippen molar-refractivity contribution in [3.05, 3.63) is 29.8 Å². The van der Waals surface area contributed by atoms with E-state index in [4.69, 9.17) is 4.74 Å². The lowest BCUT2D eigenvalue weighted by molar-refractivity contribution is -0.136. The lowest BCUT2D eigenvalue weighted by Crippen LogP contribution is -2.44. The average molecular weight is 339 g/mol. The molecule has 23 heavy (non-hydrogen) atoms. The normalized spacial score (nSPS) is 22.9. The lowest BCUT2D eigenvalue weighted by Gasteiger charge is -2.27. The van der Waals surface area contributed by atoms with E-state index in [1.54, 1.807) is 24.3 Å². The number of hydrogen-bond acceptors (Lipinski definition) is 4. The van der Waals surface area contributed by atoms with E-state index in [0.29, 0.717) is 23.4 Å². The van der Waals surface area contributed by atoms with Crippen LogP contribution in [0.1, 0.15) is 36.5 Å². The highest BCUT2D eigenvalue weighted by molar-refractivity contribution is 5.94. The highest BCUT2D eigenvalue weighted by Crippen LogP contribution is 2.28. The quantitative estimate of drug-likeness (QED) is 0.854. The maximum Gasteiger partial charge on any atom is 0.261 e. The minimum Gasteiger partial charge on any atom is -0.484 e. The second kappa shape index (κ2) is 7.79. The van der Waals surface area contributed by atoms with Crippen LogP contribution in [0.25, 0.3) is 0 Å². The summed E-state index contributed by atoms with van der Waals surface area (Å²) in [6.07, 6.45) is 3.18. The van der Waals surface area contributed by atoms with Gasteiger partial charge in [0.25, 0.3) is 5.91 Å². The summed E-state index contributed by atoms with van der Waals surface area (Å²) in [6, 6.07) is 7.63. The maximum atomic E-state index is 12.5. The minimum atomic E-state index is -0.00610. The van der Waals surface area contributed by atoms with Crippen LogP contribution in [-0.4, -0.2) is 48.4 Å². The second-order valence-corrected chi connectivity index (χ2v) is 6.05. The van der Waals surface area contributed by atoms with Gasteiger partial charge < -0.3 is 15.0 Å². The van der Waals surface area contributed by atoms with Gasteiger partial charge in [-0.2, -0.15) is 0 Å². The van der Waals surface area contributed by atoms with Crippen molar-refractivity contribution in [3.63, 3.8) is 0 Å². The fraction of sp³-hybridized carbons (Fsp3) is 0.529. The number of fused-ring (bicyclic) bond motifs is 2. The van der Waals surface area contributed by atoms with Gasteiger partial charge in [0.05, 0.1) is 0 Å². The Labute approximate surface area is 142 Å². The number of carbonyl (C=O) groups excluding carboxylic acids is 2. The number of Topliss-reactive ketones (excluding diaryl/α,β-unsaturated/α-hetero) is 1. The number of ketones is 1. The Morgan fingerprint density at radius 2 is 2.04 bits per heavy atom. The summed E-state index contributed by atoms with van der Waals surface area (Å²) in [5.41, 5.74) is 0.601. The van der Waals surface area contributed by atoms with Crippen molar-refractivity contribution in [2.24, 2.45) is 0 Å². The third kappa shape index (κ3) is 4.03. The zero-order valence-electron chi connectivity index (χ0n) is 13.3. The third-order valence-corrected chi connectivity index (χ3v) is 4.55. The molecule has 2 unspecified atom stereocenters. The van der Waals surface area contributed by atoms with E-state index in [-0.39, 0.29) is 30.7 Å². The van der Waals surface area contributed by atoms with Crippen LogP contribution < -0.4 is 10.1 Å². The molecule has 2 aliphatic rings. The van der Waals surface area contributed by atoms with Crippen molar-refractivity contribution in [2.45, 2.75) is 38.3 Å². The van der Waals surface area contributed by atoms with Crippen molar-refractivity contribution in [2.75, 3.05) is 19.7 Å². The first-order chi connectivity index (χ1) is 10.6. The van der Waals surface area contributed by atoms with Crippen molar-refractivity contribution < 1.29 is 14.3 Å². The first kappa shape index (κ1) is 17.8. The number of rotatable bonds is 4. The van der Waals surface area contributed by atoms with Crippen LogP contribution in [0.15, 0.2) is 24.3 Å². The maximum absolute atomic E-state index is 12.5. The van der Waals surface area contributed by atoms with Gasteiger partial charge in [-0.3, -0.25) is 9.59 Å². The Kier molecular flexibility index (Phi) is 6.02. The van der Waals surface area contributed by atoms with Gasteiger partial charge in [-0.05, 0) is 44.9 Å². The SMILES string of the molecule is CC(=O)c1cccc(OCC(=O)N2C3CCNCC2CC3)c1.Cl. The molecule has 1 amide bonds. The van der Waals surface area contributed by atoms with Crippen LogP contribution in [0.5, 0.6) is 5.75 Å². The molecule has 0 aromatic heterocycles. The molecule has 0 spiro atoms. The van der Waals surface area contributed by atoms with Crippen LogP contribution in [0.3, 0.4) is 0 Å². The summed E-state index contributed by atoms with van der Waals surface area (Å²) in [5.74, 6) is 0.610.